The molecule has 2 rings (SSSR count). The van der Waals surface area contributed by atoms with Crippen LogP contribution in [-0.4, -0.2) is 80.1 Å². The maximum absolute atomic E-state index is 6.14. The monoisotopic (exact) mass is 254 g/mol. The van der Waals surface area contributed by atoms with Crippen LogP contribution in [-0.2, 0) is 0 Å². The fourth-order valence-electron chi connectivity index (χ4n) is 3.54. The van der Waals surface area contributed by atoms with Gasteiger partial charge in [-0.15, -0.1) is 0 Å². The quantitative estimate of drug-likeness (QED) is 0.792. The first-order chi connectivity index (χ1) is 8.57. The van der Waals surface area contributed by atoms with E-state index in [1.807, 2.05) is 0 Å². The van der Waals surface area contributed by atoms with E-state index >= 15 is 0 Å². The SMILES string of the molecule is CN1CCC(CN)(N2CCC(N(C)C)CC2)CC1. The summed E-state index contributed by atoms with van der Waals surface area (Å²) in [6.45, 7) is 5.68. The fourth-order valence-corrected chi connectivity index (χ4v) is 3.54. The summed E-state index contributed by atoms with van der Waals surface area (Å²) >= 11 is 0. The first kappa shape index (κ1) is 14.3. The van der Waals surface area contributed by atoms with E-state index in [0.29, 0.717) is 5.54 Å². The highest BCUT2D eigenvalue weighted by Crippen LogP contribution is 2.30. The van der Waals surface area contributed by atoms with Crippen LogP contribution in [0.15, 0.2) is 0 Å². The van der Waals surface area contributed by atoms with Crippen LogP contribution in [0, 0.1) is 0 Å². The average Bonchev–Trinajstić information content (AvgIpc) is 2.40. The Labute approximate surface area is 112 Å². The second-order valence-electron chi connectivity index (χ2n) is 6.41. The molecule has 0 saturated carbocycles. The highest BCUT2D eigenvalue weighted by molar-refractivity contribution is 4.98. The van der Waals surface area contributed by atoms with Gasteiger partial charge in [-0.2, -0.15) is 0 Å². The summed E-state index contributed by atoms with van der Waals surface area (Å²) in [6, 6.07) is 0.766. The van der Waals surface area contributed by atoms with Gasteiger partial charge < -0.3 is 15.5 Å². The van der Waals surface area contributed by atoms with Crippen molar-refractivity contribution < 1.29 is 0 Å². The molecule has 18 heavy (non-hydrogen) atoms. The Morgan fingerprint density at radius 1 is 1.11 bits per heavy atom. The Bertz CT molecular complexity index is 251. The molecule has 2 fully saturated rings. The van der Waals surface area contributed by atoms with Crippen molar-refractivity contribution in [1.82, 2.24) is 14.7 Å². The van der Waals surface area contributed by atoms with Gasteiger partial charge in [-0.25, -0.2) is 0 Å². The Kier molecular flexibility index (Phi) is 4.64. The first-order valence-corrected chi connectivity index (χ1v) is 7.37. The molecular weight excluding hydrogens is 224 g/mol. The molecule has 4 nitrogen and oxygen atoms in total. The molecular formula is C14H30N4. The molecule has 2 N–H and O–H groups in total. The molecule has 0 amide bonds. The summed E-state index contributed by atoms with van der Waals surface area (Å²) in [4.78, 5) is 7.50. The average molecular weight is 254 g/mol. The Morgan fingerprint density at radius 2 is 1.67 bits per heavy atom. The van der Waals surface area contributed by atoms with Gasteiger partial charge in [0.1, 0.15) is 0 Å². The van der Waals surface area contributed by atoms with E-state index in [9.17, 15) is 0 Å². The standard InChI is InChI=1S/C14H30N4/c1-16(2)13-4-8-18(9-5-13)14(12-15)6-10-17(3)11-7-14/h13H,4-12,15H2,1-3H3. The van der Waals surface area contributed by atoms with Gasteiger partial charge in [0.25, 0.3) is 0 Å². The third-order valence-corrected chi connectivity index (χ3v) is 5.16. The number of nitrogens with zero attached hydrogens (tertiary/aromatic N) is 3. The molecule has 0 bridgehead atoms. The lowest BCUT2D eigenvalue weighted by Crippen LogP contribution is -2.61. The summed E-state index contributed by atoms with van der Waals surface area (Å²) < 4.78 is 0. The molecule has 0 aromatic rings. The van der Waals surface area contributed by atoms with Crippen LogP contribution >= 0.6 is 0 Å². The van der Waals surface area contributed by atoms with Crippen LogP contribution in [0.2, 0.25) is 0 Å². The molecule has 2 heterocycles. The normalized spacial score (nSPS) is 27.8. The van der Waals surface area contributed by atoms with Gasteiger partial charge in [-0.3, -0.25) is 4.90 Å². The number of rotatable bonds is 3. The Balaban J connectivity index is 1.94. The van der Waals surface area contributed by atoms with Crippen molar-refractivity contribution >= 4 is 0 Å². The molecule has 0 aliphatic carbocycles. The van der Waals surface area contributed by atoms with Crippen molar-refractivity contribution in [3.63, 3.8) is 0 Å². The minimum atomic E-state index is 0.295. The number of hydrogen-bond acceptors (Lipinski definition) is 4. The van der Waals surface area contributed by atoms with Crippen LogP contribution in [0.3, 0.4) is 0 Å². The molecule has 0 radical (unpaired) electrons. The number of nitrogens with two attached hydrogens (primary N) is 1. The molecule has 0 aromatic carbocycles. The summed E-state index contributed by atoms with van der Waals surface area (Å²) in [7, 11) is 6.63. The van der Waals surface area contributed by atoms with Crippen molar-refractivity contribution in [3.05, 3.63) is 0 Å². The van der Waals surface area contributed by atoms with Crippen LogP contribution in [0.5, 0.6) is 0 Å². The van der Waals surface area contributed by atoms with Gasteiger partial charge in [-0.1, -0.05) is 0 Å². The van der Waals surface area contributed by atoms with E-state index in [1.54, 1.807) is 0 Å². The predicted molar refractivity (Wildman–Crippen MR) is 76.8 cm³/mol. The van der Waals surface area contributed by atoms with Gasteiger partial charge >= 0.3 is 0 Å². The Hall–Kier alpha value is -0.160. The summed E-state index contributed by atoms with van der Waals surface area (Å²) in [6.07, 6.45) is 5.08. The van der Waals surface area contributed by atoms with Crippen LogP contribution in [0.4, 0.5) is 0 Å². The fraction of sp³-hybridized carbons (Fsp3) is 1.00. The number of piperidine rings is 2. The van der Waals surface area contributed by atoms with Crippen molar-refractivity contribution in [2.75, 3.05) is 53.9 Å². The van der Waals surface area contributed by atoms with E-state index in [-0.39, 0.29) is 0 Å². The molecule has 0 aromatic heterocycles. The van der Waals surface area contributed by atoms with Gasteiger partial charge in [-0.05, 0) is 59.9 Å². The second-order valence-corrected chi connectivity index (χ2v) is 6.41. The molecule has 4 heteroatoms. The summed E-state index contributed by atoms with van der Waals surface area (Å²) in [5, 5.41) is 0. The number of likely N-dealkylation sites (tertiary alicyclic amines) is 2. The Morgan fingerprint density at radius 3 is 2.11 bits per heavy atom. The van der Waals surface area contributed by atoms with E-state index in [2.05, 4.69) is 35.8 Å². The van der Waals surface area contributed by atoms with Gasteiger partial charge in [0, 0.05) is 31.2 Å². The molecule has 106 valence electrons. The third-order valence-electron chi connectivity index (χ3n) is 5.16. The highest BCUT2D eigenvalue weighted by atomic mass is 15.3. The zero-order valence-electron chi connectivity index (χ0n) is 12.4. The van der Waals surface area contributed by atoms with E-state index in [0.717, 1.165) is 12.6 Å². The van der Waals surface area contributed by atoms with Crippen molar-refractivity contribution in [2.45, 2.75) is 37.3 Å². The van der Waals surface area contributed by atoms with Gasteiger partial charge in [0.15, 0.2) is 0 Å². The minimum Gasteiger partial charge on any atom is -0.329 e. The smallest absolute Gasteiger partial charge is 0.0356 e. The summed E-state index contributed by atoms with van der Waals surface area (Å²) in [5.74, 6) is 0. The lowest BCUT2D eigenvalue weighted by Gasteiger charge is -2.50. The zero-order chi connectivity index (χ0) is 13.2. The second kappa shape index (κ2) is 5.87. The van der Waals surface area contributed by atoms with Crippen molar-refractivity contribution in [3.8, 4) is 0 Å². The van der Waals surface area contributed by atoms with E-state index in [1.165, 1.54) is 51.9 Å². The maximum atomic E-state index is 6.14. The lowest BCUT2D eigenvalue weighted by atomic mass is 9.84. The molecule has 2 saturated heterocycles. The zero-order valence-corrected chi connectivity index (χ0v) is 12.4. The molecule has 2 aliphatic rings. The summed E-state index contributed by atoms with van der Waals surface area (Å²) in [5.41, 5.74) is 6.43. The van der Waals surface area contributed by atoms with Gasteiger partial charge in [0.05, 0.1) is 0 Å². The van der Waals surface area contributed by atoms with E-state index < -0.39 is 0 Å². The van der Waals surface area contributed by atoms with Crippen LogP contribution in [0.1, 0.15) is 25.7 Å². The van der Waals surface area contributed by atoms with Crippen molar-refractivity contribution in [1.29, 1.82) is 0 Å². The number of hydrogen-bond donors (Lipinski definition) is 1. The van der Waals surface area contributed by atoms with Crippen LogP contribution in [0.25, 0.3) is 0 Å². The lowest BCUT2D eigenvalue weighted by molar-refractivity contribution is 0.00477. The highest BCUT2D eigenvalue weighted by Gasteiger charge is 2.39. The molecule has 2 aliphatic heterocycles. The largest absolute Gasteiger partial charge is 0.329 e. The first-order valence-electron chi connectivity index (χ1n) is 7.37. The molecule has 0 unspecified atom stereocenters. The van der Waals surface area contributed by atoms with Crippen LogP contribution < -0.4 is 5.73 Å². The van der Waals surface area contributed by atoms with E-state index in [4.69, 9.17) is 5.73 Å². The third kappa shape index (κ3) is 2.87. The molecule has 0 spiro atoms. The minimum absolute atomic E-state index is 0.295. The maximum Gasteiger partial charge on any atom is 0.0356 e. The van der Waals surface area contributed by atoms with Crippen molar-refractivity contribution in [2.24, 2.45) is 5.73 Å². The predicted octanol–water partition coefficient (Wildman–Crippen LogP) is 0.436. The van der Waals surface area contributed by atoms with Gasteiger partial charge in [0.2, 0.25) is 0 Å². The topological polar surface area (TPSA) is 35.7 Å². The molecule has 0 atom stereocenters.